The fraction of sp³-hybridized carbons (Fsp3) is 0.455. The van der Waals surface area contributed by atoms with Crippen molar-refractivity contribution in [3.05, 3.63) is 28.8 Å². The van der Waals surface area contributed by atoms with Crippen LogP contribution < -0.4 is 4.74 Å². The molecule has 1 aliphatic heterocycles. The lowest BCUT2D eigenvalue weighted by Gasteiger charge is -2.13. The molecule has 1 aromatic carbocycles. The Labute approximate surface area is 103 Å². The molecule has 0 aromatic heterocycles. The standard InChI is InChI=1S/C11H12BrClO2/c12-6-8-1-2-11(10(13)5-8)15-9-3-4-14-7-9/h1-2,5,9H,3-4,6-7H2. The van der Waals surface area contributed by atoms with Crippen LogP contribution in [0, 0.1) is 0 Å². The first-order valence-corrected chi connectivity index (χ1v) is 6.38. The molecule has 1 aliphatic rings. The molecule has 0 aliphatic carbocycles. The van der Waals surface area contributed by atoms with Gasteiger partial charge in [-0.1, -0.05) is 33.6 Å². The van der Waals surface area contributed by atoms with Gasteiger partial charge < -0.3 is 9.47 Å². The van der Waals surface area contributed by atoms with Gasteiger partial charge in [0.1, 0.15) is 11.9 Å². The van der Waals surface area contributed by atoms with E-state index in [4.69, 9.17) is 21.1 Å². The van der Waals surface area contributed by atoms with Gasteiger partial charge in [0.2, 0.25) is 0 Å². The molecule has 2 rings (SSSR count). The van der Waals surface area contributed by atoms with Crippen LogP contribution >= 0.6 is 27.5 Å². The lowest BCUT2D eigenvalue weighted by Crippen LogP contribution is -2.15. The minimum absolute atomic E-state index is 0.150. The molecular weight excluding hydrogens is 279 g/mol. The summed E-state index contributed by atoms with van der Waals surface area (Å²) < 4.78 is 11.0. The molecule has 2 nitrogen and oxygen atoms in total. The number of hydrogen-bond acceptors (Lipinski definition) is 2. The van der Waals surface area contributed by atoms with Gasteiger partial charge in [-0.25, -0.2) is 0 Å². The fourth-order valence-electron chi connectivity index (χ4n) is 1.51. The second kappa shape index (κ2) is 5.19. The van der Waals surface area contributed by atoms with E-state index in [-0.39, 0.29) is 6.10 Å². The van der Waals surface area contributed by atoms with Crippen LogP contribution in [0.25, 0.3) is 0 Å². The molecule has 0 radical (unpaired) electrons. The van der Waals surface area contributed by atoms with Gasteiger partial charge in [-0.2, -0.15) is 0 Å². The lowest BCUT2D eigenvalue weighted by atomic mass is 10.2. The minimum Gasteiger partial charge on any atom is -0.486 e. The van der Waals surface area contributed by atoms with Crippen molar-refractivity contribution < 1.29 is 9.47 Å². The van der Waals surface area contributed by atoms with E-state index in [1.165, 1.54) is 0 Å². The van der Waals surface area contributed by atoms with Crippen molar-refractivity contribution in [2.75, 3.05) is 13.2 Å². The molecule has 0 N–H and O–H groups in total. The van der Waals surface area contributed by atoms with Gasteiger partial charge in [0.15, 0.2) is 0 Å². The van der Waals surface area contributed by atoms with Crippen molar-refractivity contribution in [2.24, 2.45) is 0 Å². The first-order valence-electron chi connectivity index (χ1n) is 4.88. The third-order valence-electron chi connectivity index (χ3n) is 2.33. The van der Waals surface area contributed by atoms with Gasteiger partial charge in [0.05, 0.1) is 18.2 Å². The van der Waals surface area contributed by atoms with Gasteiger partial charge in [-0.15, -0.1) is 0 Å². The van der Waals surface area contributed by atoms with Crippen LogP contribution in [0.3, 0.4) is 0 Å². The van der Waals surface area contributed by atoms with E-state index < -0.39 is 0 Å². The first kappa shape index (κ1) is 11.2. The Kier molecular flexibility index (Phi) is 3.89. The Morgan fingerprint density at radius 3 is 3.00 bits per heavy atom. The van der Waals surface area contributed by atoms with Crippen LogP contribution in [0.5, 0.6) is 5.75 Å². The maximum atomic E-state index is 6.10. The Bertz CT molecular complexity index is 337. The second-order valence-electron chi connectivity index (χ2n) is 3.50. The molecule has 82 valence electrons. The summed E-state index contributed by atoms with van der Waals surface area (Å²) in [5, 5.41) is 1.47. The third kappa shape index (κ3) is 2.86. The summed E-state index contributed by atoms with van der Waals surface area (Å²) >= 11 is 9.48. The van der Waals surface area contributed by atoms with E-state index in [2.05, 4.69) is 15.9 Å². The molecule has 4 heteroatoms. The van der Waals surface area contributed by atoms with E-state index in [1.807, 2.05) is 18.2 Å². The zero-order valence-corrected chi connectivity index (χ0v) is 10.6. The summed E-state index contributed by atoms with van der Waals surface area (Å²) in [7, 11) is 0. The van der Waals surface area contributed by atoms with Crippen LogP contribution in [-0.4, -0.2) is 19.3 Å². The van der Waals surface area contributed by atoms with Crippen LogP contribution in [0.4, 0.5) is 0 Å². The van der Waals surface area contributed by atoms with Crippen molar-refractivity contribution in [3.63, 3.8) is 0 Å². The van der Waals surface area contributed by atoms with Gasteiger partial charge in [-0.3, -0.25) is 0 Å². The highest BCUT2D eigenvalue weighted by atomic mass is 79.9. The number of alkyl halides is 1. The predicted molar refractivity (Wildman–Crippen MR) is 63.9 cm³/mol. The number of hydrogen-bond donors (Lipinski definition) is 0. The molecule has 1 aromatic rings. The van der Waals surface area contributed by atoms with E-state index in [1.54, 1.807) is 0 Å². The first-order chi connectivity index (χ1) is 7.29. The molecule has 0 spiro atoms. The predicted octanol–water partition coefficient (Wildman–Crippen LogP) is 3.40. The molecule has 1 atom stereocenters. The van der Waals surface area contributed by atoms with Crippen LogP contribution in [0.15, 0.2) is 18.2 Å². The minimum atomic E-state index is 0.150. The molecule has 15 heavy (non-hydrogen) atoms. The Morgan fingerprint density at radius 2 is 2.40 bits per heavy atom. The molecule has 0 amide bonds. The Morgan fingerprint density at radius 1 is 1.53 bits per heavy atom. The molecule has 1 saturated heterocycles. The van der Waals surface area contributed by atoms with Crippen molar-refractivity contribution in [3.8, 4) is 5.75 Å². The Balaban J connectivity index is 2.07. The average Bonchev–Trinajstić information content (AvgIpc) is 2.74. The monoisotopic (exact) mass is 290 g/mol. The number of ether oxygens (including phenoxy) is 2. The second-order valence-corrected chi connectivity index (χ2v) is 4.47. The highest BCUT2D eigenvalue weighted by Crippen LogP contribution is 2.28. The highest BCUT2D eigenvalue weighted by Gasteiger charge is 2.18. The van der Waals surface area contributed by atoms with Crippen molar-refractivity contribution >= 4 is 27.5 Å². The normalized spacial score (nSPS) is 20.5. The smallest absolute Gasteiger partial charge is 0.138 e. The van der Waals surface area contributed by atoms with Crippen LogP contribution in [-0.2, 0) is 10.1 Å². The molecule has 1 unspecified atom stereocenters. The summed E-state index contributed by atoms with van der Waals surface area (Å²) in [6.45, 7) is 1.44. The quantitative estimate of drug-likeness (QED) is 0.795. The van der Waals surface area contributed by atoms with Crippen molar-refractivity contribution in [1.29, 1.82) is 0 Å². The fourth-order valence-corrected chi connectivity index (χ4v) is 2.10. The summed E-state index contributed by atoms with van der Waals surface area (Å²) in [5.74, 6) is 0.747. The van der Waals surface area contributed by atoms with E-state index >= 15 is 0 Å². The van der Waals surface area contributed by atoms with Crippen molar-refractivity contribution in [1.82, 2.24) is 0 Å². The third-order valence-corrected chi connectivity index (χ3v) is 3.27. The number of benzene rings is 1. The van der Waals surface area contributed by atoms with Gasteiger partial charge in [0, 0.05) is 11.8 Å². The number of halogens is 2. The molecule has 0 saturated carbocycles. The highest BCUT2D eigenvalue weighted by molar-refractivity contribution is 9.08. The summed E-state index contributed by atoms with van der Waals surface area (Å²) in [5.41, 5.74) is 1.15. The van der Waals surface area contributed by atoms with E-state index in [0.29, 0.717) is 11.6 Å². The zero-order chi connectivity index (χ0) is 10.7. The summed E-state index contributed by atoms with van der Waals surface area (Å²) in [4.78, 5) is 0. The largest absolute Gasteiger partial charge is 0.486 e. The molecule has 1 fully saturated rings. The van der Waals surface area contributed by atoms with Gasteiger partial charge in [-0.05, 0) is 17.7 Å². The topological polar surface area (TPSA) is 18.5 Å². The zero-order valence-electron chi connectivity index (χ0n) is 8.21. The average molecular weight is 292 g/mol. The summed E-state index contributed by atoms with van der Waals surface area (Å²) in [6.07, 6.45) is 1.09. The number of rotatable bonds is 3. The van der Waals surface area contributed by atoms with Crippen molar-refractivity contribution in [2.45, 2.75) is 17.9 Å². The van der Waals surface area contributed by atoms with Gasteiger partial charge >= 0.3 is 0 Å². The molecular formula is C11H12BrClO2. The van der Waals surface area contributed by atoms with E-state index in [9.17, 15) is 0 Å². The van der Waals surface area contributed by atoms with E-state index in [0.717, 1.165) is 29.7 Å². The summed E-state index contributed by atoms with van der Waals surface area (Å²) in [6, 6.07) is 5.84. The molecule has 0 bridgehead atoms. The SMILES string of the molecule is Clc1cc(CBr)ccc1OC1CCOC1. The maximum absolute atomic E-state index is 6.10. The van der Waals surface area contributed by atoms with Crippen LogP contribution in [0.1, 0.15) is 12.0 Å². The molecule has 1 heterocycles. The Hall–Kier alpha value is -0.250. The van der Waals surface area contributed by atoms with Gasteiger partial charge in [0.25, 0.3) is 0 Å². The maximum Gasteiger partial charge on any atom is 0.138 e. The van der Waals surface area contributed by atoms with Crippen LogP contribution in [0.2, 0.25) is 5.02 Å². The lowest BCUT2D eigenvalue weighted by molar-refractivity contribution is 0.141.